The molecule has 34 heavy (non-hydrogen) atoms. The third-order valence-electron chi connectivity index (χ3n) is 5.36. The van der Waals surface area contributed by atoms with Crippen LogP contribution < -0.4 is 22.3 Å². The van der Waals surface area contributed by atoms with E-state index in [0.717, 1.165) is 20.1 Å². The number of carbonyl (C=O) groups excluding carboxylic acids is 1. The predicted molar refractivity (Wildman–Crippen MR) is 132 cm³/mol. The number of nitrogens with zero attached hydrogens (tertiary/aromatic N) is 2. The van der Waals surface area contributed by atoms with Crippen LogP contribution in [0.4, 0.5) is 6.01 Å². The molecule has 0 aliphatic carbocycles. The molecule has 0 saturated carbocycles. The maximum Gasteiger partial charge on any atom is 0.362 e. The monoisotopic (exact) mass is 585 g/mol. The quantitative estimate of drug-likeness (QED) is 0.365. The summed E-state index contributed by atoms with van der Waals surface area (Å²) < 4.78 is 19.9. The molecule has 4 aromatic rings. The molecule has 1 aliphatic heterocycles. The van der Waals surface area contributed by atoms with Crippen molar-refractivity contribution >= 4 is 55.5 Å². The van der Waals surface area contributed by atoms with E-state index in [1.54, 1.807) is 13.0 Å². The smallest absolute Gasteiger partial charge is 0.362 e. The Morgan fingerprint density at radius 3 is 2.41 bits per heavy atom. The van der Waals surface area contributed by atoms with Gasteiger partial charge in [-0.2, -0.15) is 4.98 Å². The molecule has 8 nitrogen and oxygen atoms in total. The van der Waals surface area contributed by atoms with E-state index in [2.05, 4.69) is 36.8 Å². The Morgan fingerprint density at radius 2 is 1.76 bits per heavy atom. The topological polar surface area (TPSA) is 113 Å². The molecule has 1 aliphatic rings. The van der Waals surface area contributed by atoms with Crippen molar-refractivity contribution in [2.24, 2.45) is 0 Å². The number of rotatable bonds is 4. The number of oxazole rings is 2. The lowest BCUT2D eigenvalue weighted by atomic mass is 9.87. The second-order valence-corrected chi connectivity index (χ2v) is 9.30. The standard InChI is InChI=1S/C24H17Br2N3O5/c1-2-32-23(31)18-17(13-5-9-15(26)10-6-13)19-21(34-24(27)28-19)29-16(22(30)33-20(18)29)11-12-3-7-14(25)8-4-12/h3-11,17H,2H2,1H3,(H2,27,28)/b16-11+/t17-/m1/s1. The Balaban J connectivity index is 1.88. The zero-order valence-electron chi connectivity index (χ0n) is 17.7. The number of benzene rings is 2. The van der Waals surface area contributed by atoms with Gasteiger partial charge in [0.05, 0.1) is 12.5 Å². The highest BCUT2D eigenvalue weighted by Gasteiger charge is 2.39. The van der Waals surface area contributed by atoms with Gasteiger partial charge in [0.25, 0.3) is 6.01 Å². The van der Waals surface area contributed by atoms with Crippen LogP contribution in [0.5, 0.6) is 0 Å². The first-order valence-corrected chi connectivity index (χ1v) is 11.9. The molecule has 0 saturated heterocycles. The molecule has 0 radical (unpaired) electrons. The van der Waals surface area contributed by atoms with Crippen molar-refractivity contribution in [3.8, 4) is 5.88 Å². The second kappa shape index (κ2) is 8.77. The summed E-state index contributed by atoms with van der Waals surface area (Å²) in [5.41, 5.74) is 7.31. The number of halogens is 2. The SMILES string of the molecule is CCOC(=O)C1=c2oc(=O)/c(=C\c3ccc(Br)cc3)n2-c2oc(N)nc2[C@@H]1c1ccc(Br)cc1. The highest BCUT2D eigenvalue weighted by atomic mass is 79.9. The van der Waals surface area contributed by atoms with Crippen molar-refractivity contribution in [2.45, 2.75) is 12.8 Å². The van der Waals surface area contributed by atoms with Gasteiger partial charge in [-0.3, -0.25) is 0 Å². The Labute approximate surface area is 209 Å². The molecule has 0 fully saturated rings. The lowest BCUT2D eigenvalue weighted by molar-refractivity contribution is -0.136. The lowest BCUT2D eigenvalue weighted by Crippen LogP contribution is -2.37. The van der Waals surface area contributed by atoms with E-state index >= 15 is 0 Å². The molecule has 10 heteroatoms. The van der Waals surface area contributed by atoms with Gasteiger partial charge in [-0.25, -0.2) is 14.2 Å². The summed E-state index contributed by atoms with van der Waals surface area (Å²) in [7, 11) is 0. The number of ether oxygens (including phenoxy) is 1. The van der Waals surface area contributed by atoms with Crippen LogP contribution in [0.25, 0.3) is 17.5 Å². The highest BCUT2D eigenvalue weighted by Crippen LogP contribution is 2.38. The summed E-state index contributed by atoms with van der Waals surface area (Å²) in [6, 6.07) is 14.7. The van der Waals surface area contributed by atoms with Gasteiger partial charge in [-0.1, -0.05) is 56.1 Å². The van der Waals surface area contributed by atoms with Crippen LogP contribution in [0.3, 0.4) is 0 Å². The summed E-state index contributed by atoms with van der Waals surface area (Å²) in [6.07, 6.45) is 1.65. The molecule has 2 N–H and O–H groups in total. The summed E-state index contributed by atoms with van der Waals surface area (Å²) in [5, 5.41) is 0.158. The zero-order valence-corrected chi connectivity index (χ0v) is 20.9. The van der Waals surface area contributed by atoms with Gasteiger partial charge < -0.3 is 19.3 Å². The van der Waals surface area contributed by atoms with Gasteiger partial charge in [0, 0.05) is 8.95 Å². The van der Waals surface area contributed by atoms with Crippen molar-refractivity contribution < 1.29 is 18.4 Å². The minimum absolute atomic E-state index is 0.0170. The molecule has 1 atom stereocenters. The normalized spacial score (nSPS) is 15.2. The average Bonchev–Trinajstić information content (AvgIpc) is 3.34. The van der Waals surface area contributed by atoms with Gasteiger partial charge in [-0.15, -0.1) is 0 Å². The molecule has 5 rings (SSSR count). The number of anilines is 1. The molecule has 3 heterocycles. The fraction of sp³-hybridized carbons (Fsp3) is 0.125. The van der Waals surface area contributed by atoms with E-state index in [1.807, 2.05) is 48.5 Å². The largest absolute Gasteiger partial charge is 0.462 e. The number of hydrogen-bond acceptors (Lipinski definition) is 7. The van der Waals surface area contributed by atoms with Gasteiger partial charge in [0.15, 0.2) is 0 Å². The first-order chi connectivity index (χ1) is 16.4. The molecule has 172 valence electrons. The average molecular weight is 587 g/mol. The number of aromatic nitrogens is 2. The van der Waals surface area contributed by atoms with Crippen LogP contribution >= 0.6 is 31.9 Å². The minimum Gasteiger partial charge on any atom is -0.462 e. The van der Waals surface area contributed by atoms with Crippen LogP contribution in [0.15, 0.2) is 71.1 Å². The summed E-state index contributed by atoms with van der Waals surface area (Å²) >= 11 is 6.82. The van der Waals surface area contributed by atoms with E-state index < -0.39 is 17.5 Å². The maximum absolute atomic E-state index is 13.2. The van der Waals surface area contributed by atoms with Crippen LogP contribution in [0.1, 0.15) is 29.7 Å². The van der Waals surface area contributed by atoms with Crippen molar-refractivity contribution in [1.29, 1.82) is 0 Å². The van der Waals surface area contributed by atoms with E-state index in [4.69, 9.17) is 19.3 Å². The van der Waals surface area contributed by atoms with Gasteiger partial charge in [0.2, 0.25) is 11.4 Å². The van der Waals surface area contributed by atoms with E-state index in [1.165, 1.54) is 4.57 Å². The third kappa shape index (κ3) is 3.82. The van der Waals surface area contributed by atoms with Gasteiger partial charge >= 0.3 is 11.6 Å². The Hall–Kier alpha value is -3.37. The summed E-state index contributed by atoms with van der Waals surface area (Å²) in [4.78, 5) is 30.6. The molecule has 0 spiro atoms. The van der Waals surface area contributed by atoms with Crippen molar-refractivity contribution in [2.75, 3.05) is 12.3 Å². The molecule has 0 bridgehead atoms. The van der Waals surface area contributed by atoms with Crippen LogP contribution in [0, 0.1) is 0 Å². The molecular weight excluding hydrogens is 570 g/mol. The molecular formula is C24H17Br2N3O5. The number of hydrogen-bond donors (Lipinski definition) is 1. The third-order valence-corrected chi connectivity index (χ3v) is 6.42. The fourth-order valence-corrected chi connectivity index (χ4v) is 4.48. The van der Waals surface area contributed by atoms with E-state index in [0.29, 0.717) is 5.69 Å². The first kappa shape index (κ1) is 22.4. The van der Waals surface area contributed by atoms with Crippen LogP contribution in [0.2, 0.25) is 0 Å². The van der Waals surface area contributed by atoms with Crippen molar-refractivity contribution in [3.05, 3.63) is 95.6 Å². The Bertz CT molecular complexity index is 1580. The second-order valence-electron chi connectivity index (χ2n) is 7.47. The fourth-order valence-electron chi connectivity index (χ4n) is 3.95. The number of fused-ring (bicyclic) bond motifs is 3. The molecule has 2 aromatic heterocycles. The Kier molecular flexibility index (Phi) is 5.78. The highest BCUT2D eigenvalue weighted by molar-refractivity contribution is 9.10. The Morgan fingerprint density at radius 1 is 1.12 bits per heavy atom. The number of nitrogens with two attached hydrogens (primary N) is 1. The molecule has 2 aromatic carbocycles. The number of carbonyl (C=O) groups is 1. The van der Waals surface area contributed by atoms with Crippen LogP contribution in [-0.2, 0) is 9.53 Å². The number of esters is 1. The lowest BCUT2D eigenvalue weighted by Gasteiger charge is -2.21. The predicted octanol–water partition coefficient (Wildman–Crippen LogP) is 3.21. The summed E-state index contributed by atoms with van der Waals surface area (Å²) in [6.45, 7) is 1.85. The van der Waals surface area contributed by atoms with Crippen molar-refractivity contribution in [1.82, 2.24) is 9.55 Å². The first-order valence-electron chi connectivity index (χ1n) is 10.3. The van der Waals surface area contributed by atoms with Gasteiger partial charge in [-0.05, 0) is 48.4 Å². The van der Waals surface area contributed by atoms with Crippen molar-refractivity contribution in [3.63, 3.8) is 0 Å². The maximum atomic E-state index is 13.2. The molecule has 0 unspecified atom stereocenters. The zero-order chi connectivity index (χ0) is 24.0. The van der Waals surface area contributed by atoms with E-state index in [9.17, 15) is 9.59 Å². The van der Waals surface area contributed by atoms with E-state index in [-0.39, 0.29) is 35.0 Å². The molecule has 0 amide bonds. The van der Waals surface area contributed by atoms with Crippen LogP contribution in [-0.4, -0.2) is 22.1 Å². The van der Waals surface area contributed by atoms with Gasteiger partial charge in [0.1, 0.15) is 16.6 Å². The number of nitrogen functional groups attached to an aromatic ring is 1. The minimum atomic E-state index is -0.714. The summed E-state index contributed by atoms with van der Waals surface area (Å²) in [5.74, 6) is -1.13.